The SMILES string of the molecule is CCOP(=O)(OCC)[C@]1(C(=O)O[C@@H]2C[C@H](C)CC[C@H]2C(C)(C)c2ccccc2)C[C@@H]1c1ccc([N+](=O)[O-])cc1. The van der Waals surface area contributed by atoms with Gasteiger partial charge in [0, 0.05) is 24.0 Å². The first kappa shape index (κ1) is 29.4. The van der Waals surface area contributed by atoms with E-state index >= 15 is 0 Å². The fraction of sp³-hybridized carbons (Fsp3) is 0.567. The van der Waals surface area contributed by atoms with Gasteiger partial charge in [-0.1, -0.05) is 69.7 Å². The second-order valence-electron chi connectivity index (χ2n) is 11.4. The van der Waals surface area contributed by atoms with E-state index in [4.69, 9.17) is 13.8 Å². The van der Waals surface area contributed by atoms with Gasteiger partial charge in [0.1, 0.15) is 6.10 Å². The van der Waals surface area contributed by atoms with Crippen molar-refractivity contribution in [2.24, 2.45) is 11.8 Å². The standard InChI is InChI=1S/C30H40NO7P/c1-6-36-39(35,37-7-2)30(20-26(30)22-14-16-24(17-15-22)31(33)34)28(32)38-27-19-21(3)13-18-25(27)29(4,5)23-11-9-8-10-12-23/h8-12,14-17,21,25-27H,6-7,13,18-20H2,1-5H3/t21-,25-,26-,27-,30-/m1/s1. The van der Waals surface area contributed by atoms with Gasteiger partial charge in [-0.05, 0) is 55.6 Å². The molecule has 4 rings (SSSR count). The van der Waals surface area contributed by atoms with Crippen LogP contribution in [0.5, 0.6) is 0 Å². The number of ether oxygens (including phenoxy) is 1. The molecule has 0 saturated heterocycles. The average molecular weight is 558 g/mol. The lowest BCUT2D eigenvalue weighted by atomic mass is 9.64. The molecule has 2 saturated carbocycles. The second-order valence-corrected chi connectivity index (χ2v) is 13.7. The minimum Gasteiger partial charge on any atom is -0.461 e. The average Bonchev–Trinajstić information content (AvgIpc) is 3.67. The number of nitro benzene ring substituents is 1. The number of nitrogens with zero attached hydrogens (tertiary/aromatic N) is 1. The lowest BCUT2D eigenvalue weighted by Crippen LogP contribution is -2.45. The molecule has 0 N–H and O–H groups in total. The van der Waals surface area contributed by atoms with Crippen molar-refractivity contribution < 1.29 is 28.1 Å². The number of hydrogen-bond acceptors (Lipinski definition) is 7. The minimum absolute atomic E-state index is 0.0486. The quantitative estimate of drug-likeness (QED) is 0.123. The van der Waals surface area contributed by atoms with Gasteiger partial charge >= 0.3 is 13.6 Å². The highest BCUT2D eigenvalue weighted by Crippen LogP contribution is 2.77. The summed E-state index contributed by atoms with van der Waals surface area (Å²) in [4.78, 5) is 24.9. The monoisotopic (exact) mass is 557 g/mol. The van der Waals surface area contributed by atoms with Crippen LogP contribution in [0.3, 0.4) is 0 Å². The lowest BCUT2D eigenvalue weighted by Gasteiger charge is -2.44. The second kappa shape index (κ2) is 11.5. The summed E-state index contributed by atoms with van der Waals surface area (Å²) in [6, 6.07) is 16.3. The van der Waals surface area contributed by atoms with Crippen LogP contribution in [0.4, 0.5) is 5.69 Å². The van der Waals surface area contributed by atoms with Crippen LogP contribution in [0, 0.1) is 22.0 Å². The highest BCUT2D eigenvalue weighted by molar-refractivity contribution is 7.57. The summed E-state index contributed by atoms with van der Waals surface area (Å²) in [5.41, 5.74) is 1.57. The molecule has 212 valence electrons. The van der Waals surface area contributed by atoms with Crippen molar-refractivity contribution in [2.45, 2.75) is 82.9 Å². The van der Waals surface area contributed by atoms with Crippen molar-refractivity contribution in [3.05, 3.63) is 75.8 Å². The number of carbonyl (C=O) groups is 1. The van der Waals surface area contributed by atoms with Gasteiger partial charge in [0.2, 0.25) is 0 Å². The Morgan fingerprint density at radius 3 is 2.23 bits per heavy atom. The zero-order valence-electron chi connectivity index (χ0n) is 23.5. The zero-order valence-corrected chi connectivity index (χ0v) is 24.4. The highest BCUT2D eigenvalue weighted by atomic mass is 31.2. The molecule has 0 aromatic heterocycles. The number of rotatable bonds is 11. The Morgan fingerprint density at radius 2 is 1.67 bits per heavy atom. The number of nitro groups is 1. The van der Waals surface area contributed by atoms with E-state index in [1.54, 1.807) is 26.0 Å². The van der Waals surface area contributed by atoms with Gasteiger partial charge in [-0.2, -0.15) is 0 Å². The summed E-state index contributed by atoms with van der Waals surface area (Å²) in [7, 11) is -3.93. The Morgan fingerprint density at radius 1 is 1.05 bits per heavy atom. The summed E-state index contributed by atoms with van der Waals surface area (Å²) >= 11 is 0. The summed E-state index contributed by atoms with van der Waals surface area (Å²) < 4.78 is 32.1. The molecule has 0 radical (unpaired) electrons. The molecule has 0 unspecified atom stereocenters. The van der Waals surface area contributed by atoms with Crippen LogP contribution in [0.2, 0.25) is 0 Å². The molecule has 2 aliphatic carbocycles. The van der Waals surface area contributed by atoms with E-state index in [1.165, 1.54) is 17.7 Å². The van der Waals surface area contributed by atoms with Gasteiger partial charge in [0.05, 0.1) is 18.1 Å². The molecule has 0 aliphatic heterocycles. The number of carbonyl (C=O) groups excluding carboxylic acids is 1. The van der Waals surface area contributed by atoms with Crippen molar-refractivity contribution in [1.29, 1.82) is 0 Å². The smallest absolute Gasteiger partial charge is 0.348 e. The van der Waals surface area contributed by atoms with Gasteiger partial charge in [0.25, 0.3) is 5.69 Å². The lowest BCUT2D eigenvalue weighted by molar-refractivity contribution is -0.384. The Balaban J connectivity index is 1.69. The summed E-state index contributed by atoms with van der Waals surface area (Å²) in [5, 5.41) is 9.68. The van der Waals surface area contributed by atoms with Gasteiger partial charge in [-0.25, -0.2) is 0 Å². The number of esters is 1. The van der Waals surface area contributed by atoms with E-state index in [9.17, 15) is 19.5 Å². The van der Waals surface area contributed by atoms with Gasteiger partial charge < -0.3 is 13.8 Å². The third kappa shape index (κ3) is 5.57. The summed E-state index contributed by atoms with van der Waals surface area (Å²) in [5.74, 6) is -0.593. The topological polar surface area (TPSA) is 105 Å². The molecular weight excluding hydrogens is 517 g/mol. The van der Waals surface area contributed by atoms with Crippen LogP contribution in [0.25, 0.3) is 0 Å². The molecule has 0 bridgehead atoms. The van der Waals surface area contributed by atoms with E-state index < -0.39 is 29.6 Å². The molecule has 9 heteroatoms. The predicted octanol–water partition coefficient (Wildman–Crippen LogP) is 7.41. The van der Waals surface area contributed by atoms with E-state index in [0.717, 1.165) is 19.3 Å². The van der Waals surface area contributed by atoms with Crippen LogP contribution in [0.1, 0.15) is 77.3 Å². The third-order valence-corrected chi connectivity index (χ3v) is 11.5. The van der Waals surface area contributed by atoms with Crippen LogP contribution in [0.15, 0.2) is 54.6 Å². The van der Waals surface area contributed by atoms with E-state index in [-0.39, 0.29) is 42.8 Å². The van der Waals surface area contributed by atoms with Crippen LogP contribution >= 0.6 is 7.60 Å². The first-order chi connectivity index (χ1) is 18.5. The maximum atomic E-state index is 14.3. The number of non-ortho nitro benzene ring substituents is 1. The molecule has 2 aromatic carbocycles. The van der Waals surface area contributed by atoms with Crippen LogP contribution in [-0.2, 0) is 28.6 Å². The Hall–Kier alpha value is -2.54. The molecule has 2 aromatic rings. The maximum Gasteiger partial charge on any atom is 0.348 e. The van der Waals surface area contributed by atoms with Crippen LogP contribution in [-0.4, -0.2) is 35.4 Å². The first-order valence-electron chi connectivity index (χ1n) is 13.9. The Kier molecular flexibility index (Phi) is 8.70. The molecule has 39 heavy (non-hydrogen) atoms. The van der Waals surface area contributed by atoms with Gasteiger partial charge in [-0.15, -0.1) is 0 Å². The number of hydrogen-bond donors (Lipinski definition) is 0. The van der Waals surface area contributed by atoms with Gasteiger partial charge in [-0.3, -0.25) is 19.5 Å². The highest BCUT2D eigenvalue weighted by Gasteiger charge is 2.75. The zero-order chi connectivity index (χ0) is 28.4. The minimum atomic E-state index is -3.93. The Labute approximate surface area is 231 Å². The fourth-order valence-electron chi connectivity index (χ4n) is 6.33. The molecule has 0 spiro atoms. The molecule has 2 aliphatic rings. The van der Waals surface area contributed by atoms with Crippen molar-refractivity contribution >= 4 is 19.3 Å². The van der Waals surface area contributed by atoms with Crippen molar-refractivity contribution in [2.75, 3.05) is 13.2 Å². The Bertz CT molecular complexity index is 1210. The van der Waals surface area contributed by atoms with E-state index in [1.807, 2.05) is 18.2 Å². The predicted molar refractivity (Wildman–Crippen MR) is 150 cm³/mol. The maximum absolute atomic E-state index is 14.3. The molecule has 0 amide bonds. The van der Waals surface area contributed by atoms with Crippen molar-refractivity contribution in [3.8, 4) is 0 Å². The fourth-order valence-corrected chi connectivity index (χ4v) is 8.76. The molecule has 2 fully saturated rings. The van der Waals surface area contributed by atoms with Crippen molar-refractivity contribution in [3.63, 3.8) is 0 Å². The molecule has 5 atom stereocenters. The van der Waals surface area contributed by atoms with Crippen LogP contribution < -0.4 is 0 Å². The number of benzene rings is 2. The van der Waals surface area contributed by atoms with Crippen molar-refractivity contribution in [1.82, 2.24) is 0 Å². The van der Waals surface area contributed by atoms with E-state index in [2.05, 4.69) is 32.9 Å². The third-order valence-electron chi connectivity index (χ3n) is 8.64. The van der Waals surface area contributed by atoms with Gasteiger partial charge in [0.15, 0.2) is 5.16 Å². The largest absolute Gasteiger partial charge is 0.461 e. The summed E-state index contributed by atoms with van der Waals surface area (Å²) in [6.45, 7) is 10.2. The molecular formula is C30H40NO7P. The summed E-state index contributed by atoms with van der Waals surface area (Å²) in [6.07, 6.45) is 2.55. The first-order valence-corrected chi connectivity index (χ1v) is 15.4. The molecule has 0 heterocycles. The van der Waals surface area contributed by atoms with E-state index in [0.29, 0.717) is 11.5 Å². The normalized spacial score (nSPS) is 27.1. The molecule has 8 nitrogen and oxygen atoms in total.